The van der Waals surface area contributed by atoms with Gasteiger partial charge in [0.15, 0.2) is 23.2 Å². The minimum atomic E-state index is -0.753. The Morgan fingerprint density at radius 3 is 2.65 bits per heavy atom. The Kier molecular flexibility index (Phi) is 6.90. The van der Waals surface area contributed by atoms with Crippen molar-refractivity contribution in [1.82, 2.24) is 19.7 Å². The fourth-order valence-electron chi connectivity index (χ4n) is 3.78. The third-order valence-electron chi connectivity index (χ3n) is 5.64. The predicted octanol–water partition coefficient (Wildman–Crippen LogP) is 3.20. The minimum absolute atomic E-state index is 0.0111. The molecule has 0 atom stereocenters. The highest BCUT2D eigenvalue weighted by molar-refractivity contribution is 6.01. The van der Waals surface area contributed by atoms with Crippen LogP contribution in [0.3, 0.4) is 0 Å². The molecule has 1 amide bonds. The molecule has 0 unspecified atom stereocenters. The summed E-state index contributed by atoms with van der Waals surface area (Å²) in [6.45, 7) is 3.76. The van der Waals surface area contributed by atoms with Crippen LogP contribution in [0, 0.1) is 11.6 Å². The van der Waals surface area contributed by atoms with Crippen molar-refractivity contribution in [3.8, 4) is 5.75 Å². The molecule has 0 aliphatic carbocycles. The summed E-state index contributed by atoms with van der Waals surface area (Å²) >= 11 is 0. The molecule has 1 aliphatic rings. The van der Waals surface area contributed by atoms with Crippen molar-refractivity contribution in [3.63, 3.8) is 0 Å². The fraction of sp³-hybridized carbons (Fsp3) is 0.391. The van der Waals surface area contributed by atoms with Crippen LogP contribution >= 0.6 is 0 Å². The van der Waals surface area contributed by atoms with E-state index in [0.717, 1.165) is 30.8 Å². The lowest BCUT2D eigenvalue weighted by Crippen LogP contribution is -2.45. The summed E-state index contributed by atoms with van der Waals surface area (Å²) in [5.74, 6) is -0.727. The molecule has 0 saturated carbocycles. The number of anilines is 3. The maximum Gasteiger partial charge on any atom is 0.246 e. The van der Waals surface area contributed by atoms with Gasteiger partial charge in [-0.05, 0) is 24.1 Å². The van der Waals surface area contributed by atoms with E-state index < -0.39 is 17.4 Å². The molecule has 0 radical (unpaired) electrons. The average molecular weight is 472 g/mol. The summed E-state index contributed by atoms with van der Waals surface area (Å²) in [4.78, 5) is 24.8. The maximum atomic E-state index is 13.9. The van der Waals surface area contributed by atoms with E-state index in [1.807, 2.05) is 4.90 Å². The lowest BCUT2D eigenvalue weighted by atomic mass is 10.2. The second-order valence-electron chi connectivity index (χ2n) is 8.12. The second kappa shape index (κ2) is 10.0. The van der Waals surface area contributed by atoms with Crippen molar-refractivity contribution in [3.05, 3.63) is 53.5 Å². The Hall–Kier alpha value is -3.76. The van der Waals surface area contributed by atoms with E-state index in [1.54, 1.807) is 35.2 Å². The van der Waals surface area contributed by atoms with E-state index in [2.05, 4.69) is 27.3 Å². The third kappa shape index (κ3) is 4.92. The number of aromatic nitrogens is 4. The number of hydrogen-bond donors (Lipinski definition) is 1. The van der Waals surface area contributed by atoms with E-state index >= 15 is 0 Å². The Bertz CT molecular complexity index is 1160. The van der Waals surface area contributed by atoms with Crippen LogP contribution in [0.15, 0.2) is 30.7 Å². The number of benzene rings is 1. The standard InChI is InChI=1S/C23H27F2N7O2/c1-4-5-6-31-14-20(33)30(2)19-11-27-23(29-22(19)31)26-9-16-10-28-32(13-16)12-15-7-17(24)21(34-3)18(25)8-15/h7-8,10-11,13H,4-6,9,12,14H2,1-3H3,(H,26,27,29). The zero-order valence-corrected chi connectivity index (χ0v) is 19.4. The number of carbonyl (C=O) groups excluding carboxylic acids is 1. The van der Waals surface area contributed by atoms with E-state index in [1.165, 1.54) is 19.2 Å². The van der Waals surface area contributed by atoms with Crippen molar-refractivity contribution in [2.75, 3.05) is 42.4 Å². The van der Waals surface area contributed by atoms with Gasteiger partial charge in [0.1, 0.15) is 5.69 Å². The molecule has 3 aromatic rings. The van der Waals surface area contributed by atoms with E-state index in [-0.39, 0.29) is 12.5 Å². The highest BCUT2D eigenvalue weighted by atomic mass is 19.1. The monoisotopic (exact) mass is 471 g/mol. The number of carbonyl (C=O) groups is 1. The molecule has 11 heteroatoms. The van der Waals surface area contributed by atoms with Gasteiger partial charge in [-0.2, -0.15) is 10.1 Å². The van der Waals surface area contributed by atoms with Gasteiger partial charge in [0, 0.05) is 31.9 Å². The van der Waals surface area contributed by atoms with Crippen LogP contribution in [-0.4, -0.2) is 52.9 Å². The van der Waals surface area contributed by atoms with Gasteiger partial charge in [-0.25, -0.2) is 13.8 Å². The number of halogens is 2. The maximum absolute atomic E-state index is 13.9. The summed E-state index contributed by atoms with van der Waals surface area (Å²) in [5.41, 5.74) is 1.97. The Morgan fingerprint density at radius 1 is 1.18 bits per heavy atom. The van der Waals surface area contributed by atoms with Crippen molar-refractivity contribution < 1.29 is 18.3 Å². The molecular formula is C23H27F2N7O2. The molecule has 1 aromatic carbocycles. The number of methoxy groups -OCH3 is 1. The minimum Gasteiger partial charge on any atom is -0.491 e. The number of rotatable bonds is 9. The lowest BCUT2D eigenvalue weighted by molar-refractivity contribution is -0.117. The van der Waals surface area contributed by atoms with Crippen LogP contribution in [0.2, 0.25) is 0 Å². The first-order chi connectivity index (χ1) is 16.4. The Morgan fingerprint density at radius 2 is 1.94 bits per heavy atom. The van der Waals surface area contributed by atoms with Gasteiger partial charge < -0.3 is 19.9 Å². The van der Waals surface area contributed by atoms with Crippen molar-refractivity contribution in [2.24, 2.45) is 0 Å². The SMILES string of the molecule is CCCCN1CC(=O)N(C)c2cnc(NCc3cnn(Cc4cc(F)c(OC)c(F)c4)c3)nc21. The van der Waals surface area contributed by atoms with Crippen molar-refractivity contribution in [2.45, 2.75) is 32.9 Å². The number of nitrogens with one attached hydrogen (secondary N) is 1. The highest BCUT2D eigenvalue weighted by Crippen LogP contribution is 2.31. The van der Waals surface area contributed by atoms with Crippen LogP contribution < -0.4 is 19.9 Å². The smallest absolute Gasteiger partial charge is 0.246 e. The average Bonchev–Trinajstić information content (AvgIpc) is 3.26. The van der Waals surface area contributed by atoms with Crippen molar-refractivity contribution >= 4 is 23.4 Å². The molecule has 0 saturated heterocycles. The van der Waals surface area contributed by atoms with Gasteiger partial charge in [-0.3, -0.25) is 9.48 Å². The van der Waals surface area contributed by atoms with Gasteiger partial charge in [0.05, 0.1) is 32.6 Å². The predicted molar refractivity (Wildman–Crippen MR) is 124 cm³/mol. The molecule has 3 heterocycles. The van der Waals surface area contributed by atoms with Crippen molar-refractivity contribution in [1.29, 1.82) is 0 Å². The van der Waals surface area contributed by atoms with Gasteiger partial charge in [0.2, 0.25) is 11.9 Å². The molecule has 0 fully saturated rings. The number of fused-ring (bicyclic) bond motifs is 1. The van der Waals surface area contributed by atoms with E-state index in [0.29, 0.717) is 30.3 Å². The number of ether oxygens (including phenoxy) is 1. The number of hydrogen-bond acceptors (Lipinski definition) is 7. The highest BCUT2D eigenvalue weighted by Gasteiger charge is 2.28. The summed E-state index contributed by atoms with van der Waals surface area (Å²) in [6, 6.07) is 2.46. The summed E-state index contributed by atoms with van der Waals surface area (Å²) < 4.78 is 34.2. The molecule has 34 heavy (non-hydrogen) atoms. The molecule has 9 nitrogen and oxygen atoms in total. The lowest BCUT2D eigenvalue weighted by Gasteiger charge is -2.34. The van der Waals surface area contributed by atoms with Gasteiger partial charge in [-0.1, -0.05) is 13.3 Å². The molecular weight excluding hydrogens is 444 g/mol. The molecule has 180 valence electrons. The summed E-state index contributed by atoms with van der Waals surface area (Å²) in [5, 5.41) is 7.45. The van der Waals surface area contributed by atoms with Gasteiger partial charge in [0.25, 0.3) is 0 Å². The largest absolute Gasteiger partial charge is 0.491 e. The molecule has 1 aliphatic heterocycles. The fourth-order valence-corrected chi connectivity index (χ4v) is 3.78. The van der Waals surface area contributed by atoms with Gasteiger partial charge >= 0.3 is 0 Å². The summed E-state index contributed by atoms with van der Waals surface area (Å²) in [6.07, 6.45) is 7.08. The molecule has 0 spiro atoms. The second-order valence-corrected chi connectivity index (χ2v) is 8.12. The molecule has 1 N–H and O–H groups in total. The number of likely N-dealkylation sites (N-methyl/N-ethyl adjacent to an activating group) is 1. The number of unbranched alkanes of at least 4 members (excludes halogenated alkanes) is 1. The van der Waals surface area contributed by atoms with Crippen LogP contribution in [0.25, 0.3) is 0 Å². The number of nitrogens with zero attached hydrogens (tertiary/aromatic N) is 6. The molecule has 4 rings (SSSR count). The molecule has 2 aromatic heterocycles. The third-order valence-corrected chi connectivity index (χ3v) is 5.64. The van der Waals surface area contributed by atoms with E-state index in [4.69, 9.17) is 4.74 Å². The normalized spacial score (nSPS) is 13.3. The van der Waals surface area contributed by atoms with Crippen LogP contribution in [-0.2, 0) is 17.9 Å². The summed E-state index contributed by atoms with van der Waals surface area (Å²) in [7, 11) is 2.95. The van der Waals surface area contributed by atoms with Crippen LogP contribution in [0.4, 0.5) is 26.2 Å². The first-order valence-corrected chi connectivity index (χ1v) is 11.0. The van der Waals surface area contributed by atoms with Crippen LogP contribution in [0.1, 0.15) is 30.9 Å². The first-order valence-electron chi connectivity index (χ1n) is 11.0. The molecule has 0 bridgehead atoms. The first kappa shape index (κ1) is 23.4. The van der Waals surface area contributed by atoms with E-state index in [9.17, 15) is 13.6 Å². The quantitative estimate of drug-likeness (QED) is 0.513. The topological polar surface area (TPSA) is 88.4 Å². The van der Waals surface area contributed by atoms with Crippen LogP contribution in [0.5, 0.6) is 5.75 Å². The zero-order valence-electron chi connectivity index (χ0n) is 19.4. The number of amides is 1. The Balaban J connectivity index is 1.43. The Labute approximate surface area is 196 Å². The van der Waals surface area contributed by atoms with Gasteiger partial charge in [-0.15, -0.1) is 0 Å². The zero-order chi connectivity index (χ0) is 24.2.